The minimum atomic E-state index is -0.613. The van der Waals surface area contributed by atoms with Crippen LogP contribution in [0.25, 0.3) is 0 Å². The van der Waals surface area contributed by atoms with Crippen LogP contribution in [0.5, 0.6) is 0 Å². The number of halogens is 1. The molecule has 0 aromatic rings. The lowest BCUT2D eigenvalue weighted by Gasteiger charge is -2.11. The van der Waals surface area contributed by atoms with Crippen LogP contribution in [0.1, 0.15) is 12.8 Å². The summed E-state index contributed by atoms with van der Waals surface area (Å²) in [5.41, 5.74) is 0. The second kappa shape index (κ2) is 3.58. The fraction of sp³-hybridized carbons (Fsp3) is 0.750. The Hall–Kier alpha value is -0.550. The summed E-state index contributed by atoms with van der Waals surface area (Å²) in [5.74, 6) is 2.55. The number of alkyl halides is 1. The molecule has 1 heterocycles. The summed E-state index contributed by atoms with van der Waals surface area (Å²) in [6.45, 7) is 2.32. The maximum atomic E-state index is 12.5. The zero-order valence-corrected chi connectivity index (χ0v) is 6.02. The summed E-state index contributed by atoms with van der Waals surface area (Å²) in [4.78, 5) is 2.07. The third kappa shape index (κ3) is 2.00. The molecule has 1 atom stereocenters. The minimum absolute atomic E-state index is 0.585. The van der Waals surface area contributed by atoms with E-state index in [4.69, 9.17) is 6.42 Å². The topological polar surface area (TPSA) is 3.24 Å². The Kier molecular flexibility index (Phi) is 2.70. The normalized spacial score (nSPS) is 26.6. The predicted molar refractivity (Wildman–Crippen MR) is 39.4 cm³/mol. The third-order valence-corrected chi connectivity index (χ3v) is 1.79. The number of rotatable bonds is 2. The van der Waals surface area contributed by atoms with Crippen molar-refractivity contribution in [2.75, 3.05) is 19.6 Å². The van der Waals surface area contributed by atoms with Crippen molar-refractivity contribution in [3.63, 3.8) is 0 Å². The van der Waals surface area contributed by atoms with Gasteiger partial charge in [0.15, 0.2) is 0 Å². The van der Waals surface area contributed by atoms with Crippen molar-refractivity contribution in [3.8, 4) is 12.3 Å². The second-order valence-corrected chi connectivity index (χ2v) is 2.64. The van der Waals surface area contributed by atoms with E-state index in [-0.39, 0.29) is 0 Å². The van der Waals surface area contributed by atoms with E-state index in [1.54, 1.807) is 0 Å². The summed E-state index contributed by atoms with van der Waals surface area (Å²) in [6.07, 6.45) is 5.89. The third-order valence-electron chi connectivity index (χ3n) is 1.79. The molecule has 1 nitrogen and oxygen atoms in total. The van der Waals surface area contributed by atoms with Crippen LogP contribution in [0.15, 0.2) is 0 Å². The molecule has 10 heavy (non-hydrogen) atoms. The van der Waals surface area contributed by atoms with Crippen molar-refractivity contribution in [1.29, 1.82) is 0 Å². The molecule has 2 heteroatoms. The lowest BCUT2D eigenvalue weighted by atomic mass is 10.3. The Morgan fingerprint density at radius 3 is 3.00 bits per heavy atom. The molecule has 0 unspecified atom stereocenters. The number of likely N-dealkylation sites (tertiary alicyclic amines) is 1. The van der Waals surface area contributed by atoms with E-state index in [9.17, 15) is 4.39 Å². The first-order chi connectivity index (χ1) is 4.83. The summed E-state index contributed by atoms with van der Waals surface area (Å²) in [6, 6.07) is 0. The van der Waals surface area contributed by atoms with Gasteiger partial charge in [-0.2, -0.15) is 0 Å². The van der Waals surface area contributed by atoms with Gasteiger partial charge in [-0.1, -0.05) is 0 Å². The molecule has 0 N–H and O–H groups in total. The van der Waals surface area contributed by atoms with E-state index in [2.05, 4.69) is 10.8 Å². The van der Waals surface area contributed by atoms with Crippen molar-refractivity contribution >= 4 is 0 Å². The largest absolute Gasteiger partial charge is 0.299 e. The molecule has 1 aliphatic heterocycles. The van der Waals surface area contributed by atoms with Crippen molar-refractivity contribution in [2.24, 2.45) is 0 Å². The monoisotopic (exact) mass is 141 g/mol. The van der Waals surface area contributed by atoms with Crippen LogP contribution < -0.4 is 0 Å². The van der Waals surface area contributed by atoms with Gasteiger partial charge in [-0.05, 0) is 6.42 Å². The minimum Gasteiger partial charge on any atom is -0.299 e. The molecular formula is C8H12FN. The van der Waals surface area contributed by atoms with Gasteiger partial charge in [0.2, 0.25) is 0 Å². The van der Waals surface area contributed by atoms with Gasteiger partial charge in [0, 0.05) is 26.1 Å². The van der Waals surface area contributed by atoms with E-state index < -0.39 is 6.17 Å². The van der Waals surface area contributed by atoms with Gasteiger partial charge < -0.3 is 0 Å². The van der Waals surface area contributed by atoms with E-state index >= 15 is 0 Å². The van der Waals surface area contributed by atoms with Gasteiger partial charge in [0.05, 0.1) is 0 Å². The molecule has 0 aromatic carbocycles. The molecule has 1 saturated heterocycles. The van der Waals surface area contributed by atoms with Crippen LogP contribution in [0.3, 0.4) is 0 Å². The molecule has 1 rings (SSSR count). The Bertz CT molecular complexity index is 139. The molecule has 0 radical (unpaired) electrons. The first-order valence-corrected chi connectivity index (χ1v) is 3.63. The average molecular weight is 141 g/mol. The zero-order valence-electron chi connectivity index (χ0n) is 6.02. The van der Waals surface area contributed by atoms with E-state index in [0.29, 0.717) is 13.0 Å². The number of hydrogen-bond acceptors (Lipinski definition) is 1. The Labute approximate surface area is 61.2 Å². The Morgan fingerprint density at radius 1 is 1.70 bits per heavy atom. The van der Waals surface area contributed by atoms with Crippen LogP contribution >= 0.6 is 0 Å². The van der Waals surface area contributed by atoms with E-state index in [1.807, 2.05) is 0 Å². The van der Waals surface area contributed by atoms with Crippen LogP contribution in [-0.4, -0.2) is 30.7 Å². The van der Waals surface area contributed by atoms with Gasteiger partial charge in [0.1, 0.15) is 6.17 Å². The average Bonchev–Trinajstić information content (AvgIpc) is 2.31. The maximum Gasteiger partial charge on any atom is 0.114 e. The molecule has 0 spiro atoms. The molecule has 0 aliphatic carbocycles. The van der Waals surface area contributed by atoms with Crippen molar-refractivity contribution in [3.05, 3.63) is 0 Å². The maximum absolute atomic E-state index is 12.5. The number of terminal acetylenes is 1. The molecule has 1 fully saturated rings. The lowest BCUT2D eigenvalue weighted by Crippen LogP contribution is -2.21. The van der Waals surface area contributed by atoms with Crippen molar-refractivity contribution in [1.82, 2.24) is 4.90 Å². The second-order valence-electron chi connectivity index (χ2n) is 2.64. The standard InChI is InChI=1S/C8H12FN/c1-2-3-5-10-6-4-8(9)7-10/h1,8H,3-7H2/t8-/m1/s1. The highest BCUT2D eigenvalue weighted by Crippen LogP contribution is 2.11. The summed E-state index contributed by atoms with van der Waals surface area (Å²) >= 11 is 0. The zero-order chi connectivity index (χ0) is 7.40. The first kappa shape index (κ1) is 7.56. The molecular weight excluding hydrogens is 129 g/mol. The van der Waals surface area contributed by atoms with Gasteiger partial charge in [0.25, 0.3) is 0 Å². The molecule has 56 valence electrons. The highest BCUT2D eigenvalue weighted by Gasteiger charge is 2.20. The van der Waals surface area contributed by atoms with E-state index in [0.717, 1.165) is 19.5 Å². The van der Waals surface area contributed by atoms with Crippen LogP contribution in [0, 0.1) is 12.3 Å². The van der Waals surface area contributed by atoms with Crippen LogP contribution in [0.4, 0.5) is 4.39 Å². The number of nitrogens with zero attached hydrogens (tertiary/aromatic N) is 1. The van der Waals surface area contributed by atoms with Gasteiger partial charge >= 0.3 is 0 Å². The fourth-order valence-electron chi connectivity index (χ4n) is 1.21. The van der Waals surface area contributed by atoms with Crippen LogP contribution in [0.2, 0.25) is 0 Å². The molecule has 0 amide bonds. The molecule has 1 aliphatic rings. The first-order valence-electron chi connectivity index (χ1n) is 3.63. The van der Waals surface area contributed by atoms with Gasteiger partial charge in [-0.3, -0.25) is 4.90 Å². The SMILES string of the molecule is C#CCCN1CC[C@@H](F)C1. The summed E-state index contributed by atoms with van der Waals surface area (Å²) < 4.78 is 12.5. The number of hydrogen-bond donors (Lipinski definition) is 0. The summed E-state index contributed by atoms with van der Waals surface area (Å²) in [7, 11) is 0. The van der Waals surface area contributed by atoms with Crippen molar-refractivity contribution < 1.29 is 4.39 Å². The highest BCUT2D eigenvalue weighted by molar-refractivity contribution is 4.86. The molecule has 0 aromatic heterocycles. The fourth-order valence-corrected chi connectivity index (χ4v) is 1.21. The lowest BCUT2D eigenvalue weighted by molar-refractivity contribution is 0.292. The Morgan fingerprint density at radius 2 is 2.50 bits per heavy atom. The smallest absolute Gasteiger partial charge is 0.114 e. The van der Waals surface area contributed by atoms with Crippen LogP contribution in [-0.2, 0) is 0 Å². The van der Waals surface area contributed by atoms with Gasteiger partial charge in [-0.15, -0.1) is 12.3 Å². The highest BCUT2D eigenvalue weighted by atomic mass is 19.1. The van der Waals surface area contributed by atoms with Gasteiger partial charge in [-0.25, -0.2) is 4.39 Å². The quantitative estimate of drug-likeness (QED) is 0.520. The molecule has 0 bridgehead atoms. The predicted octanol–water partition coefficient (Wildman–Crippen LogP) is 1.05. The summed E-state index contributed by atoms with van der Waals surface area (Å²) in [5, 5.41) is 0. The van der Waals surface area contributed by atoms with Crippen molar-refractivity contribution in [2.45, 2.75) is 19.0 Å². The molecule has 0 saturated carbocycles. The Balaban J connectivity index is 2.14. The van der Waals surface area contributed by atoms with E-state index in [1.165, 1.54) is 0 Å².